The lowest BCUT2D eigenvalue weighted by Gasteiger charge is -2.20. The van der Waals surface area contributed by atoms with Crippen LogP contribution < -0.4 is 5.32 Å². The van der Waals surface area contributed by atoms with Crippen LogP contribution >= 0.6 is 0 Å². The Balaban J connectivity index is 3.76. The van der Waals surface area contributed by atoms with E-state index >= 15 is 0 Å². The number of nitrogens with one attached hydrogen (secondary N) is 1. The molecule has 4 nitrogen and oxygen atoms in total. The van der Waals surface area contributed by atoms with E-state index in [1.165, 1.54) is 0 Å². The van der Waals surface area contributed by atoms with Gasteiger partial charge in [-0.05, 0) is 33.6 Å². The van der Waals surface area contributed by atoms with E-state index in [2.05, 4.69) is 5.32 Å². The van der Waals surface area contributed by atoms with Gasteiger partial charge < -0.3 is 14.8 Å². The first-order valence-electron chi connectivity index (χ1n) is 5.17. The second-order valence-corrected chi connectivity index (χ2v) is 4.89. The van der Waals surface area contributed by atoms with Crippen LogP contribution in [-0.2, 0) is 9.53 Å². The molecule has 1 atom stereocenters. The van der Waals surface area contributed by atoms with Gasteiger partial charge in [0.2, 0.25) is 0 Å². The predicted molar refractivity (Wildman–Crippen MR) is 58.7 cm³/mol. The molecule has 0 saturated heterocycles. The highest BCUT2D eigenvalue weighted by Gasteiger charge is 2.16. The Hall–Kier alpha value is -1.06. The van der Waals surface area contributed by atoms with Gasteiger partial charge in [0.1, 0.15) is 11.4 Å². The number of hydrogen-bond donors (Lipinski definition) is 1. The summed E-state index contributed by atoms with van der Waals surface area (Å²) in [5, 5.41) is 2.63. The Kier molecular flexibility index (Phi) is 5.33. The minimum Gasteiger partial charge on any atom is -0.444 e. The maximum atomic E-state index is 11.2. The summed E-state index contributed by atoms with van der Waals surface area (Å²) in [5.41, 5.74) is -0.478. The molecule has 0 aliphatic carbocycles. The van der Waals surface area contributed by atoms with E-state index < -0.39 is 11.7 Å². The summed E-state index contributed by atoms with van der Waals surface area (Å²) in [7, 11) is 0. The Morgan fingerprint density at radius 1 is 1.33 bits per heavy atom. The van der Waals surface area contributed by atoms with Crippen LogP contribution in [0.4, 0.5) is 4.79 Å². The molecule has 1 unspecified atom stereocenters. The van der Waals surface area contributed by atoms with Crippen LogP contribution in [0.5, 0.6) is 0 Å². The minimum atomic E-state index is -0.478. The van der Waals surface area contributed by atoms with Crippen LogP contribution in [-0.4, -0.2) is 24.0 Å². The number of rotatable bonds is 4. The molecule has 0 bridgehead atoms. The average molecular weight is 215 g/mol. The largest absolute Gasteiger partial charge is 0.444 e. The molecule has 0 rings (SSSR count). The van der Waals surface area contributed by atoms with Gasteiger partial charge in [-0.1, -0.05) is 6.92 Å². The average Bonchev–Trinajstić information content (AvgIpc) is 1.96. The minimum absolute atomic E-state index is 0.133. The summed E-state index contributed by atoms with van der Waals surface area (Å²) < 4.78 is 5.06. The lowest BCUT2D eigenvalue weighted by molar-refractivity contribution is -0.117. The van der Waals surface area contributed by atoms with Crippen LogP contribution in [0.2, 0.25) is 0 Å². The second-order valence-electron chi connectivity index (χ2n) is 4.89. The van der Waals surface area contributed by atoms with Crippen molar-refractivity contribution in [3.05, 3.63) is 0 Å². The number of hydrogen-bond acceptors (Lipinski definition) is 3. The van der Waals surface area contributed by atoms with Gasteiger partial charge in [-0.25, -0.2) is 4.79 Å². The Bertz CT molecular complexity index is 230. The predicted octanol–water partition coefficient (Wildman–Crippen LogP) is 2.13. The number of ketones is 1. The van der Waals surface area contributed by atoms with E-state index in [4.69, 9.17) is 4.74 Å². The van der Waals surface area contributed by atoms with E-state index in [1.807, 2.05) is 27.7 Å². The molecule has 0 fully saturated rings. The van der Waals surface area contributed by atoms with Crippen molar-refractivity contribution < 1.29 is 14.3 Å². The molecule has 0 aromatic carbocycles. The van der Waals surface area contributed by atoms with Crippen molar-refractivity contribution >= 4 is 11.9 Å². The topological polar surface area (TPSA) is 55.4 Å². The van der Waals surface area contributed by atoms with Gasteiger partial charge in [-0.15, -0.1) is 0 Å². The summed E-state index contributed by atoms with van der Waals surface area (Å²) in [5.74, 6) is 0.281. The second kappa shape index (κ2) is 5.73. The molecule has 4 heteroatoms. The number of carbonyl (C=O) groups excluding carboxylic acids is 2. The van der Waals surface area contributed by atoms with Crippen LogP contribution in [0, 0.1) is 5.92 Å². The third-order valence-electron chi connectivity index (χ3n) is 1.63. The highest BCUT2D eigenvalue weighted by molar-refractivity contribution is 5.75. The van der Waals surface area contributed by atoms with Gasteiger partial charge >= 0.3 is 6.09 Å². The number of alkyl carbamates (subject to hydrolysis) is 1. The molecule has 0 aliphatic rings. The first-order chi connectivity index (χ1) is 6.70. The van der Waals surface area contributed by atoms with Gasteiger partial charge in [0.15, 0.2) is 0 Å². The highest BCUT2D eigenvalue weighted by Crippen LogP contribution is 2.07. The normalized spacial score (nSPS) is 13.1. The van der Waals surface area contributed by atoms with Crippen molar-refractivity contribution in [2.75, 3.05) is 6.54 Å². The van der Waals surface area contributed by atoms with Gasteiger partial charge in [0.25, 0.3) is 0 Å². The zero-order chi connectivity index (χ0) is 12.1. The monoisotopic (exact) mass is 215 g/mol. The summed E-state index contributed by atoms with van der Waals surface area (Å²) in [6.07, 6.45) is 0.0494. The lowest BCUT2D eigenvalue weighted by Crippen LogP contribution is -2.35. The van der Waals surface area contributed by atoms with Gasteiger partial charge in [0.05, 0.1) is 0 Å². The third-order valence-corrected chi connectivity index (χ3v) is 1.63. The summed E-state index contributed by atoms with van der Waals surface area (Å²) >= 11 is 0. The first-order valence-corrected chi connectivity index (χ1v) is 5.17. The van der Waals surface area contributed by atoms with Crippen LogP contribution in [0.3, 0.4) is 0 Å². The van der Waals surface area contributed by atoms with E-state index in [-0.39, 0.29) is 11.7 Å². The fourth-order valence-electron chi connectivity index (χ4n) is 1.13. The number of Topliss-reactive ketones (excluding diaryl/α,β-unsaturated/α-hetero) is 1. The Morgan fingerprint density at radius 2 is 1.87 bits per heavy atom. The van der Waals surface area contributed by atoms with Gasteiger partial charge in [-0.2, -0.15) is 0 Å². The maximum Gasteiger partial charge on any atom is 0.407 e. The third kappa shape index (κ3) is 9.25. The molecule has 0 aliphatic heterocycles. The number of carbonyl (C=O) groups is 2. The SMILES string of the molecule is CC(=O)CC(C)CNC(=O)OC(C)(C)C. The summed E-state index contributed by atoms with van der Waals surface area (Å²) in [6, 6.07) is 0. The zero-order valence-corrected chi connectivity index (χ0v) is 10.2. The van der Waals surface area contributed by atoms with E-state index in [9.17, 15) is 9.59 Å². The number of amides is 1. The van der Waals surface area contributed by atoms with Gasteiger partial charge in [0, 0.05) is 13.0 Å². The molecular weight excluding hydrogens is 194 g/mol. The van der Waals surface area contributed by atoms with Crippen LogP contribution in [0.1, 0.15) is 41.0 Å². The molecule has 0 aromatic heterocycles. The molecule has 0 heterocycles. The molecule has 0 spiro atoms. The molecule has 0 saturated carbocycles. The van der Waals surface area contributed by atoms with Crippen molar-refractivity contribution in [1.29, 1.82) is 0 Å². The molecule has 0 aromatic rings. The van der Waals surface area contributed by atoms with Crippen molar-refractivity contribution in [3.63, 3.8) is 0 Å². The lowest BCUT2D eigenvalue weighted by atomic mass is 10.1. The zero-order valence-electron chi connectivity index (χ0n) is 10.2. The molecule has 88 valence electrons. The molecule has 1 N–H and O–H groups in total. The smallest absolute Gasteiger partial charge is 0.407 e. The molecule has 1 amide bonds. The van der Waals surface area contributed by atoms with Crippen molar-refractivity contribution in [2.45, 2.75) is 46.6 Å². The maximum absolute atomic E-state index is 11.2. The summed E-state index contributed by atoms with van der Waals surface area (Å²) in [6.45, 7) is 9.36. The standard InChI is InChI=1S/C11H21NO3/c1-8(6-9(2)13)7-12-10(14)15-11(3,4)5/h8H,6-7H2,1-5H3,(H,12,14). The van der Waals surface area contributed by atoms with Crippen molar-refractivity contribution in [1.82, 2.24) is 5.32 Å². The van der Waals surface area contributed by atoms with E-state index in [0.29, 0.717) is 13.0 Å². The Morgan fingerprint density at radius 3 is 2.27 bits per heavy atom. The first kappa shape index (κ1) is 13.9. The van der Waals surface area contributed by atoms with Gasteiger partial charge in [-0.3, -0.25) is 0 Å². The Labute approximate surface area is 91.4 Å². The highest BCUT2D eigenvalue weighted by atomic mass is 16.6. The number of ether oxygens (including phenoxy) is 1. The quantitative estimate of drug-likeness (QED) is 0.781. The van der Waals surface area contributed by atoms with E-state index in [1.54, 1.807) is 6.92 Å². The van der Waals surface area contributed by atoms with Crippen molar-refractivity contribution in [3.8, 4) is 0 Å². The molecular formula is C11H21NO3. The molecule has 15 heavy (non-hydrogen) atoms. The van der Waals surface area contributed by atoms with E-state index in [0.717, 1.165) is 0 Å². The van der Waals surface area contributed by atoms with Crippen LogP contribution in [0.15, 0.2) is 0 Å². The summed E-state index contributed by atoms with van der Waals surface area (Å²) in [4.78, 5) is 22.0. The molecule has 0 radical (unpaired) electrons. The van der Waals surface area contributed by atoms with Crippen LogP contribution in [0.25, 0.3) is 0 Å². The fourth-order valence-corrected chi connectivity index (χ4v) is 1.13. The van der Waals surface area contributed by atoms with Crippen molar-refractivity contribution in [2.24, 2.45) is 5.92 Å². The fraction of sp³-hybridized carbons (Fsp3) is 0.818.